The van der Waals surface area contributed by atoms with Crippen LogP contribution in [0.3, 0.4) is 0 Å². The molecule has 0 unspecified atom stereocenters. The second-order valence-corrected chi connectivity index (χ2v) is 32.7. The third-order valence-corrected chi connectivity index (χ3v) is 25.6. The number of rotatable bonds is 28. The van der Waals surface area contributed by atoms with Crippen molar-refractivity contribution in [3.63, 3.8) is 0 Å². The number of anilines is 6. The maximum Gasteiger partial charge on any atom is 1.00 e. The van der Waals surface area contributed by atoms with Crippen LogP contribution in [0, 0.1) is 11.8 Å². The fourth-order valence-corrected chi connectivity index (χ4v) is 18.7. The van der Waals surface area contributed by atoms with Crippen molar-refractivity contribution in [2.45, 2.75) is 151 Å². The largest absolute Gasteiger partial charge is 1.00 e. The molecule has 0 radical (unpaired) electrons. The van der Waals surface area contributed by atoms with Crippen LogP contribution in [0.25, 0.3) is 0 Å². The molecule has 114 heavy (non-hydrogen) atoms. The van der Waals surface area contributed by atoms with Crippen molar-refractivity contribution < 1.29 is 135 Å². The summed E-state index contributed by atoms with van der Waals surface area (Å²) in [5, 5.41) is 52.5. The third kappa shape index (κ3) is 23.2. The molecule has 8 aromatic carbocycles. The molecule has 8 aromatic rings. The van der Waals surface area contributed by atoms with Gasteiger partial charge in [-0.25, -0.2) is 16.8 Å². The average Bonchev–Trinajstić information content (AvgIpc) is 0.803. The van der Waals surface area contributed by atoms with Crippen LogP contribution in [0.15, 0.2) is 192 Å². The van der Waals surface area contributed by atoms with Gasteiger partial charge in [0.25, 0.3) is 23.6 Å². The summed E-state index contributed by atoms with van der Waals surface area (Å²) in [7, 11) is -8.01. The molecular weight excluding hydrogens is 1510 g/mol. The van der Waals surface area contributed by atoms with Crippen LogP contribution in [0.4, 0.5) is 34.1 Å². The second kappa shape index (κ2) is 41.5. The smallest absolute Gasteiger partial charge is 0.545 e. The Morgan fingerprint density at radius 1 is 0.386 bits per heavy atom. The van der Waals surface area contributed by atoms with E-state index in [-0.39, 0.29) is 139 Å². The quantitative estimate of drug-likeness (QED) is 0.0307. The maximum atomic E-state index is 13.9. The Kier molecular flexibility index (Phi) is 32.3. The van der Waals surface area contributed by atoms with Gasteiger partial charge in [-0.3, -0.25) is 28.8 Å². The van der Waals surface area contributed by atoms with E-state index >= 15 is 0 Å². The van der Waals surface area contributed by atoms with E-state index in [1.807, 2.05) is 60.7 Å². The minimum Gasteiger partial charge on any atom is -0.545 e. The number of aromatic carboxylic acids is 2. The molecule has 4 aliphatic rings. The number of carboxylic acid groups (broad SMARTS) is 4. The summed E-state index contributed by atoms with van der Waals surface area (Å²) in [5.41, 5.74) is 8.41. The Morgan fingerprint density at radius 3 is 1.00 bits per heavy atom. The van der Waals surface area contributed by atoms with Crippen LogP contribution in [0.2, 0.25) is 0 Å². The Hall–Kier alpha value is -9.06. The summed E-state index contributed by atoms with van der Waals surface area (Å²) in [4.78, 5) is 105. The Labute approximate surface area is 710 Å². The van der Waals surface area contributed by atoms with Crippen LogP contribution in [0.5, 0.6) is 0 Å². The third-order valence-electron chi connectivity index (χ3n) is 21.6. The van der Waals surface area contributed by atoms with Crippen molar-refractivity contribution in [3.8, 4) is 0 Å². The number of carbonyl (C=O) groups excluding carboxylic acids is 6. The first kappa shape index (κ1) is 88.9. The molecule has 0 aromatic heterocycles. The number of sulfonamides is 2. The molecule has 4 amide bonds. The van der Waals surface area contributed by atoms with E-state index in [0.29, 0.717) is 88.4 Å². The second-order valence-electron chi connectivity index (χ2n) is 28.9. The first-order valence-corrected chi connectivity index (χ1v) is 41.2. The number of hydrogen-bond donors (Lipinski definition) is 6. The van der Waals surface area contributed by atoms with E-state index < -0.39 is 79.4 Å². The number of benzene rings is 8. The molecule has 2 saturated carbocycles. The van der Waals surface area contributed by atoms with Crippen LogP contribution < -0.4 is 100 Å². The van der Waals surface area contributed by atoms with Gasteiger partial charge < -0.3 is 61.1 Å². The number of carboxylic acids is 4. The van der Waals surface area contributed by atoms with Crippen molar-refractivity contribution in [3.05, 3.63) is 238 Å². The molecule has 2 aliphatic carbocycles. The standard InChI is InChI=1S/2C43H48N4O8S.2Na/c2*1-2-47(35-21-17-32(18-22-35)43(52)53)56(54,55)37-8-6-7-33(27-37)40(48)45-39-24-23-36(46-25-4-3-5-26-46)28-38(39)41(49)44-34-19-13-30(14-20-34)10-9-29-11-15-31(16-12-29)42(50)51;;/h2*6-8,11-16,19-20,23-24,27-28,32,35H,2-5,9-10,17-18,21-22,25-26H2,1H3,(H,44,49)(H,45,48)(H,50,51)(H,52,53);;/q;;2*+1/p-2/t2*32-,35-;;. The van der Waals surface area contributed by atoms with Gasteiger partial charge in [0.1, 0.15) is 0 Å². The summed E-state index contributed by atoms with van der Waals surface area (Å²) in [5.74, 6) is -7.11. The fraction of sp³-hybridized carbons (Fsp3) is 0.349. The number of nitrogens with zero attached hydrogens (tertiary/aromatic N) is 4. The van der Waals surface area contributed by atoms with Crippen LogP contribution in [-0.2, 0) is 55.3 Å². The van der Waals surface area contributed by atoms with E-state index in [9.17, 15) is 75.6 Å². The summed E-state index contributed by atoms with van der Waals surface area (Å²) in [6, 6.07) is 49.8. The zero-order chi connectivity index (χ0) is 79.6. The molecule has 0 atom stereocenters. The number of piperidine rings is 2. The normalized spacial score (nSPS) is 17.0. The predicted molar refractivity (Wildman–Crippen MR) is 425 cm³/mol. The first-order chi connectivity index (χ1) is 53.8. The SMILES string of the molecule is CCN([C@H]1CC[C@H](C(=O)O)CC1)S(=O)(=O)c1cccc(C(=O)Nc2ccc(N3CCCCC3)cc2C(=O)Nc2ccc(CCc3ccc(C(=O)[O-])cc3)cc2)c1.CCN([C@H]1CC[C@H](C(=O)O)CC1)S(=O)(=O)c1cccc(C(=O)Nc2ccc(N3CCCCC3)cc2C(=O)Nc2ccc(CCc3ccc(C(=O)[O-])cc3)cc2)c1.[Na+].[Na+]. The number of hydrogen-bond acceptors (Lipinski definition) is 16. The van der Waals surface area contributed by atoms with E-state index in [1.54, 1.807) is 62.4 Å². The number of amides is 4. The zero-order valence-electron chi connectivity index (χ0n) is 64.8. The molecule has 0 spiro atoms. The Morgan fingerprint density at radius 2 is 0.702 bits per heavy atom. The number of aliphatic carboxylic acids is 2. The monoisotopic (exact) mass is 1600 g/mol. The van der Waals surface area contributed by atoms with Crippen molar-refractivity contribution in [1.29, 1.82) is 0 Å². The van der Waals surface area contributed by atoms with Gasteiger partial charge in [0.15, 0.2) is 0 Å². The minimum absolute atomic E-state index is 0. The summed E-state index contributed by atoms with van der Waals surface area (Å²) < 4.78 is 58.3. The molecule has 28 heteroatoms. The first-order valence-electron chi connectivity index (χ1n) is 38.4. The molecular formula is C86H94N8Na2O16S2. The van der Waals surface area contributed by atoms with E-state index in [4.69, 9.17) is 0 Å². The summed E-state index contributed by atoms with van der Waals surface area (Å²) >= 11 is 0. The van der Waals surface area contributed by atoms with Gasteiger partial charge in [-0.1, -0.05) is 98.8 Å². The van der Waals surface area contributed by atoms with Crippen molar-refractivity contribution in [2.75, 3.05) is 70.3 Å². The molecule has 0 bridgehead atoms. The van der Waals surface area contributed by atoms with Crippen LogP contribution in [-0.4, -0.2) is 135 Å². The molecule has 2 aliphatic heterocycles. The van der Waals surface area contributed by atoms with Gasteiger partial charge >= 0.3 is 71.1 Å². The van der Waals surface area contributed by atoms with Gasteiger partial charge in [-0.15, -0.1) is 0 Å². The average molecular weight is 1610 g/mol. The van der Waals surface area contributed by atoms with Crippen LogP contribution in [0.1, 0.15) is 188 Å². The molecule has 12 rings (SSSR count). The van der Waals surface area contributed by atoms with Crippen molar-refractivity contribution in [2.24, 2.45) is 11.8 Å². The molecule has 24 nitrogen and oxygen atoms in total. The number of carbonyl (C=O) groups is 8. The Bertz CT molecular complexity index is 4640. The predicted octanol–water partition coefficient (Wildman–Crippen LogP) is 5.98. The molecule has 2 heterocycles. The molecule has 4 fully saturated rings. The fourth-order valence-electron chi connectivity index (χ4n) is 15.2. The van der Waals surface area contributed by atoms with Crippen molar-refractivity contribution in [1.82, 2.24) is 8.61 Å². The molecule has 588 valence electrons. The van der Waals surface area contributed by atoms with Crippen molar-refractivity contribution >= 4 is 102 Å². The zero-order valence-corrected chi connectivity index (χ0v) is 70.4. The van der Waals surface area contributed by atoms with E-state index in [2.05, 4.69) is 31.1 Å². The van der Waals surface area contributed by atoms with Gasteiger partial charge in [-0.2, -0.15) is 8.61 Å². The van der Waals surface area contributed by atoms with E-state index in [0.717, 1.165) is 98.3 Å². The van der Waals surface area contributed by atoms with Crippen LogP contribution >= 0.6 is 0 Å². The topological polar surface area (TPSA) is 352 Å². The minimum atomic E-state index is -4.00. The molecule has 6 N–H and O–H groups in total. The van der Waals surface area contributed by atoms with Gasteiger partial charge in [-0.05, 0) is 246 Å². The Balaban J connectivity index is 0.000000257. The van der Waals surface area contributed by atoms with Gasteiger partial charge in [0.2, 0.25) is 20.0 Å². The molecule has 2 saturated heterocycles. The summed E-state index contributed by atoms with van der Waals surface area (Å²) in [6.45, 7) is 7.31. The van der Waals surface area contributed by atoms with Gasteiger partial charge in [0.05, 0.1) is 56.1 Å². The maximum absolute atomic E-state index is 13.9. The summed E-state index contributed by atoms with van der Waals surface area (Å²) in [6.07, 6.45) is 12.6. The van der Waals surface area contributed by atoms with Gasteiger partial charge in [0, 0.05) is 85.2 Å². The van der Waals surface area contributed by atoms with E-state index in [1.165, 1.54) is 81.4 Å². The number of nitrogens with one attached hydrogen (secondary N) is 4. The number of aryl methyl sites for hydroxylation is 4.